The van der Waals surface area contributed by atoms with Crippen molar-refractivity contribution in [2.24, 2.45) is 0 Å². The number of morpholine rings is 1. The Hall–Kier alpha value is -2.60. The van der Waals surface area contributed by atoms with E-state index in [0.717, 1.165) is 30.0 Å². The van der Waals surface area contributed by atoms with E-state index in [4.69, 9.17) is 9.47 Å². The van der Waals surface area contributed by atoms with Crippen LogP contribution in [0.4, 0.5) is 5.69 Å². The van der Waals surface area contributed by atoms with Gasteiger partial charge in [-0.1, -0.05) is 18.2 Å². The highest BCUT2D eigenvalue weighted by atomic mass is 16.5. The van der Waals surface area contributed by atoms with E-state index in [-0.39, 0.29) is 5.91 Å². The van der Waals surface area contributed by atoms with E-state index in [9.17, 15) is 4.79 Å². The number of anilines is 1. The number of nitrogens with one attached hydrogen (secondary N) is 1. The summed E-state index contributed by atoms with van der Waals surface area (Å²) >= 11 is 0. The first-order chi connectivity index (χ1) is 12.3. The molecule has 6 nitrogen and oxygen atoms in total. The van der Waals surface area contributed by atoms with Gasteiger partial charge in [0.15, 0.2) is 0 Å². The summed E-state index contributed by atoms with van der Waals surface area (Å²) in [6.45, 7) is 3.19. The Morgan fingerprint density at radius 2 is 2.04 bits per heavy atom. The van der Waals surface area contributed by atoms with E-state index in [1.165, 1.54) is 0 Å². The molecule has 1 aliphatic rings. The molecule has 1 aromatic heterocycles. The summed E-state index contributed by atoms with van der Waals surface area (Å²) in [7, 11) is 1.68. The van der Waals surface area contributed by atoms with Gasteiger partial charge in [0.1, 0.15) is 11.4 Å². The fraction of sp³-hybridized carbons (Fsp3) is 0.368. The van der Waals surface area contributed by atoms with Gasteiger partial charge in [0.05, 0.1) is 32.2 Å². The second-order valence-electron chi connectivity index (χ2n) is 5.83. The molecule has 1 saturated heterocycles. The summed E-state index contributed by atoms with van der Waals surface area (Å²) in [5.74, 6) is 0.859. The number of hydrogen-bond acceptors (Lipinski definition) is 5. The zero-order valence-electron chi connectivity index (χ0n) is 14.4. The van der Waals surface area contributed by atoms with Crippen LogP contribution in [0.2, 0.25) is 0 Å². The second kappa shape index (κ2) is 8.48. The van der Waals surface area contributed by atoms with Gasteiger partial charge in [0.25, 0.3) is 5.91 Å². The van der Waals surface area contributed by atoms with Crippen LogP contribution < -0.4 is 10.1 Å². The first-order valence-corrected chi connectivity index (χ1v) is 8.47. The summed E-state index contributed by atoms with van der Waals surface area (Å²) in [5.41, 5.74) is 2.52. The number of amides is 1. The summed E-state index contributed by atoms with van der Waals surface area (Å²) in [4.78, 5) is 18.4. The van der Waals surface area contributed by atoms with Crippen LogP contribution in [-0.4, -0.2) is 55.7 Å². The number of ether oxygens (including phenoxy) is 2. The molecule has 1 N–H and O–H groups in total. The molecule has 0 unspecified atom stereocenters. The van der Waals surface area contributed by atoms with Crippen molar-refractivity contribution >= 4 is 11.6 Å². The zero-order valence-corrected chi connectivity index (χ0v) is 14.4. The molecule has 0 radical (unpaired) electrons. The van der Waals surface area contributed by atoms with Crippen LogP contribution in [0.25, 0.3) is 0 Å². The van der Waals surface area contributed by atoms with Crippen LogP contribution in [0.15, 0.2) is 42.6 Å². The number of hydrogen-bond donors (Lipinski definition) is 1. The van der Waals surface area contributed by atoms with Crippen LogP contribution in [0.1, 0.15) is 16.1 Å². The number of nitrogens with zero attached hydrogens (tertiary/aromatic N) is 2. The lowest BCUT2D eigenvalue weighted by Gasteiger charge is -2.26. The highest BCUT2D eigenvalue weighted by Gasteiger charge is 2.19. The third-order valence-corrected chi connectivity index (χ3v) is 4.20. The predicted molar refractivity (Wildman–Crippen MR) is 96.1 cm³/mol. The topological polar surface area (TPSA) is 63.7 Å². The SMILES string of the molecule is COc1ccccc1CCNc1ccc(C(=O)N2CCOCC2)nc1. The molecule has 1 fully saturated rings. The lowest BCUT2D eigenvalue weighted by molar-refractivity contribution is 0.0299. The summed E-state index contributed by atoms with van der Waals surface area (Å²) < 4.78 is 10.6. The molecule has 1 aliphatic heterocycles. The van der Waals surface area contributed by atoms with Gasteiger partial charge in [0, 0.05) is 19.6 Å². The molecule has 2 heterocycles. The van der Waals surface area contributed by atoms with Crippen molar-refractivity contribution in [2.75, 3.05) is 45.3 Å². The third kappa shape index (κ3) is 4.48. The largest absolute Gasteiger partial charge is 0.496 e. The van der Waals surface area contributed by atoms with Gasteiger partial charge >= 0.3 is 0 Å². The molecule has 132 valence electrons. The number of aromatic nitrogens is 1. The number of para-hydroxylation sites is 1. The van der Waals surface area contributed by atoms with Crippen LogP contribution in [0.5, 0.6) is 5.75 Å². The summed E-state index contributed by atoms with van der Waals surface area (Å²) in [6, 6.07) is 11.6. The normalized spacial score (nSPS) is 14.2. The fourth-order valence-corrected chi connectivity index (χ4v) is 2.80. The highest BCUT2D eigenvalue weighted by Crippen LogP contribution is 2.18. The molecular weight excluding hydrogens is 318 g/mol. The zero-order chi connectivity index (χ0) is 17.5. The van der Waals surface area contributed by atoms with E-state index < -0.39 is 0 Å². The van der Waals surface area contributed by atoms with E-state index in [1.807, 2.05) is 24.3 Å². The van der Waals surface area contributed by atoms with E-state index in [1.54, 1.807) is 24.3 Å². The van der Waals surface area contributed by atoms with E-state index in [2.05, 4.69) is 16.4 Å². The minimum Gasteiger partial charge on any atom is -0.496 e. The van der Waals surface area contributed by atoms with Crippen molar-refractivity contribution in [1.29, 1.82) is 0 Å². The minimum atomic E-state index is -0.0381. The van der Waals surface area contributed by atoms with Crippen molar-refractivity contribution in [1.82, 2.24) is 9.88 Å². The number of carbonyl (C=O) groups excluding carboxylic acids is 1. The summed E-state index contributed by atoms with van der Waals surface area (Å²) in [5, 5.41) is 3.33. The molecule has 0 bridgehead atoms. The van der Waals surface area contributed by atoms with Crippen LogP contribution in [-0.2, 0) is 11.2 Å². The Balaban J connectivity index is 1.53. The number of rotatable bonds is 6. The molecule has 3 rings (SSSR count). The molecular formula is C19H23N3O3. The van der Waals surface area contributed by atoms with Crippen molar-refractivity contribution in [3.05, 3.63) is 53.9 Å². The van der Waals surface area contributed by atoms with Crippen molar-refractivity contribution in [2.45, 2.75) is 6.42 Å². The molecule has 1 aromatic carbocycles. The molecule has 25 heavy (non-hydrogen) atoms. The van der Waals surface area contributed by atoms with Crippen LogP contribution >= 0.6 is 0 Å². The van der Waals surface area contributed by atoms with Crippen molar-refractivity contribution < 1.29 is 14.3 Å². The maximum Gasteiger partial charge on any atom is 0.272 e. The average molecular weight is 341 g/mol. The Bertz CT molecular complexity index is 697. The van der Waals surface area contributed by atoms with Gasteiger partial charge in [-0.3, -0.25) is 4.79 Å². The second-order valence-corrected chi connectivity index (χ2v) is 5.83. The average Bonchev–Trinajstić information content (AvgIpc) is 2.69. The summed E-state index contributed by atoms with van der Waals surface area (Å²) in [6.07, 6.45) is 2.55. The lowest BCUT2D eigenvalue weighted by Crippen LogP contribution is -2.41. The predicted octanol–water partition coefficient (Wildman–Crippen LogP) is 2.22. The van der Waals surface area contributed by atoms with Gasteiger partial charge in [0.2, 0.25) is 0 Å². The van der Waals surface area contributed by atoms with Crippen molar-refractivity contribution in [3.8, 4) is 5.75 Å². The molecule has 2 aromatic rings. The van der Waals surface area contributed by atoms with Crippen LogP contribution in [0, 0.1) is 0 Å². The quantitative estimate of drug-likeness (QED) is 0.873. The standard InChI is InChI=1S/C19H23N3O3/c1-24-18-5-3-2-4-15(18)8-9-20-16-6-7-17(21-14-16)19(23)22-10-12-25-13-11-22/h2-7,14,20H,8-13H2,1H3. The molecule has 0 atom stereocenters. The minimum absolute atomic E-state index is 0.0381. The molecule has 0 spiro atoms. The Morgan fingerprint density at radius 3 is 2.76 bits per heavy atom. The number of methoxy groups -OCH3 is 1. The highest BCUT2D eigenvalue weighted by molar-refractivity contribution is 5.92. The molecule has 1 amide bonds. The fourth-order valence-electron chi connectivity index (χ4n) is 2.80. The first-order valence-electron chi connectivity index (χ1n) is 8.47. The maximum atomic E-state index is 12.4. The monoisotopic (exact) mass is 341 g/mol. The molecule has 0 saturated carbocycles. The number of carbonyl (C=O) groups is 1. The van der Waals surface area contributed by atoms with Crippen molar-refractivity contribution in [3.63, 3.8) is 0 Å². The van der Waals surface area contributed by atoms with Gasteiger partial charge in [-0.2, -0.15) is 0 Å². The van der Waals surface area contributed by atoms with Gasteiger partial charge in [-0.25, -0.2) is 4.98 Å². The Kier molecular flexibility index (Phi) is 5.85. The molecule has 6 heteroatoms. The van der Waals surface area contributed by atoms with E-state index in [0.29, 0.717) is 32.0 Å². The number of benzene rings is 1. The van der Waals surface area contributed by atoms with E-state index >= 15 is 0 Å². The third-order valence-electron chi connectivity index (χ3n) is 4.20. The first kappa shape index (κ1) is 17.2. The molecule has 0 aliphatic carbocycles. The smallest absolute Gasteiger partial charge is 0.272 e. The number of pyridine rings is 1. The van der Waals surface area contributed by atoms with Gasteiger partial charge in [-0.15, -0.1) is 0 Å². The van der Waals surface area contributed by atoms with Gasteiger partial charge in [-0.05, 0) is 30.2 Å². The Labute approximate surface area is 147 Å². The van der Waals surface area contributed by atoms with Gasteiger partial charge < -0.3 is 19.7 Å². The van der Waals surface area contributed by atoms with Crippen LogP contribution in [0.3, 0.4) is 0 Å². The maximum absolute atomic E-state index is 12.4. The lowest BCUT2D eigenvalue weighted by atomic mass is 10.1. The Morgan fingerprint density at radius 1 is 1.24 bits per heavy atom.